The first-order chi connectivity index (χ1) is 12.5. The van der Waals surface area contributed by atoms with E-state index in [0.717, 1.165) is 24.8 Å². The Balaban J connectivity index is 1.59. The molecule has 0 saturated carbocycles. The number of urea groups is 1. The highest BCUT2D eigenvalue weighted by Crippen LogP contribution is 2.19. The molecule has 0 aliphatic heterocycles. The van der Waals surface area contributed by atoms with Crippen molar-refractivity contribution in [3.05, 3.63) is 46.5 Å². The number of rotatable bonds is 7. The summed E-state index contributed by atoms with van der Waals surface area (Å²) >= 11 is 5.77. The van der Waals surface area contributed by atoms with Crippen molar-refractivity contribution in [2.24, 2.45) is 0 Å². The lowest BCUT2D eigenvalue weighted by Gasteiger charge is -2.13. The summed E-state index contributed by atoms with van der Waals surface area (Å²) in [6.45, 7) is -0.0215. The zero-order valence-corrected chi connectivity index (χ0v) is 15.3. The summed E-state index contributed by atoms with van der Waals surface area (Å²) in [5.74, 6) is -1.21. The molecule has 1 aliphatic rings. The first-order valence-electron chi connectivity index (χ1n) is 8.68. The van der Waals surface area contributed by atoms with Gasteiger partial charge in [-0.2, -0.15) is 0 Å². The van der Waals surface area contributed by atoms with Gasteiger partial charge in [0.05, 0.1) is 6.42 Å². The van der Waals surface area contributed by atoms with Crippen molar-refractivity contribution in [3.8, 4) is 0 Å². The maximum atomic E-state index is 11.7. The van der Waals surface area contributed by atoms with Gasteiger partial charge in [0.15, 0.2) is 6.61 Å². The fourth-order valence-corrected chi connectivity index (χ4v) is 2.77. The number of nitrogens with one attached hydrogen (secondary N) is 2. The van der Waals surface area contributed by atoms with E-state index in [1.165, 1.54) is 18.4 Å². The third kappa shape index (κ3) is 7.70. The molecule has 1 aliphatic carbocycles. The largest absolute Gasteiger partial charge is 0.455 e. The van der Waals surface area contributed by atoms with E-state index >= 15 is 0 Å². The van der Waals surface area contributed by atoms with Gasteiger partial charge < -0.3 is 10.1 Å². The minimum absolute atomic E-state index is 0.0335. The Hall–Kier alpha value is -2.34. The second kappa shape index (κ2) is 10.6. The van der Waals surface area contributed by atoms with E-state index < -0.39 is 24.5 Å². The molecule has 6 nitrogen and oxygen atoms in total. The number of amides is 3. The number of carbonyl (C=O) groups is 3. The number of carbonyl (C=O) groups excluding carboxylic acids is 3. The molecule has 0 fully saturated rings. The molecule has 0 saturated heterocycles. The second-order valence-electron chi connectivity index (χ2n) is 6.13. The first kappa shape index (κ1) is 20.0. The smallest absolute Gasteiger partial charge is 0.321 e. The number of hydrogen-bond donors (Lipinski definition) is 2. The second-order valence-corrected chi connectivity index (χ2v) is 6.56. The van der Waals surface area contributed by atoms with E-state index in [-0.39, 0.29) is 6.42 Å². The van der Waals surface area contributed by atoms with E-state index in [4.69, 9.17) is 16.3 Å². The number of esters is 1. The van der Waals surface area contributed by atoms with E-state index in [2.05, 4.69) is 16.7 Å². The molecule has 7 heteroatoms. The van der Waals surface area contributed by atoms with E-state index in [9.17, 15) is 14.4 Å². The summed E-state index contributed by atoms with van der Waals surface area (Å²) in [6, 6.07) is 6.17. The predicted octanol–water partition coefficient (Wildman–Crippen LogP) is 3.14. The number of benzene rings is 1. The highest BCUT2D eigenvalue weighted by atomic mass is 35.5. The molecule has 0 bridgehead atoms. The zero-order chi connectivity index (χ0) is 18.8. The number of halogens is 1. The van der Waals surface area contributed by atoms with Gasteiger partial charge in [0.25, 0.3) is 5.91 Å². The standard InChI is InChI=1S/C19H23ClN2O4/c20-16-8-6-15(7-9-16)12-18(24)26-13-17(23)22-19(25)21-11-10-14-4-2-1-3-5-14/h4,6-9H,1-3,5,10-13H2,(H2,21,22,23,25). The molecule has 0 aromatic heterocycles. The van der Waals surface area contributed by atoms with Gasteiger partial charge in [-0.15, -0.1) is 0 Å². The predicted molar refractivity (Wildman–Crippen MR) is 98.8 cm³/mol. The molecule has 140 valence electrons. The first-order valence-corrected chi connectivity index (χ1v) is 9.06. The van der Waals surface area contributed by atoms with Gasteiger partial charge in [-0.3, -0.25) is 14.9 Å². The molecule has 1 aromatic carbocycles. The number of imide groups is 1. The lowest BCUT2D eigenvalue weighted by molar-refractivity contribution is -0.147. The maximum Gasteiger partial charge on any atom is 0.321 e. The summed E-state index contributed by atoms with van der Waals surface area (Å²) in [5.41, 5.74) is 2.08. The molecular weight excluding hydrogens is 356 g/mol. The van der Waals surface area contributed by atoms with Crippen LogP contribution >= 0.6 is 11.6 Å². The van der Waals surface area contributed by atoms with Crippen LogP contribution in [-0.4, -0.2) is 31.1 Å². The highest BCUT2D eigenvalue weighted by molar-refractivity contribution is 6.30. The summed E-state index contributed by atoms with van der Waals surface area (Å²) < 4.78 is 4.87. The number of hydrogen-bond acceptors (Lipinski definition) is 4. The van der Waals surface area contributed by atoms with Crippen LogP contribution in [-0.2, 0) is 20.7 Å². The van der Waals surface area contributed by atoms with Crippen LogP contribution in [0.15, 0.2) is 35.9 Å². The maximum absolute atomic E-state index is 11.7. The van der Waals surface area contributed by atoms with Crippen LogP contribution in [0.2, 0.25) is 5.02 Å². The van der Waals surface area contributed by atoms with Crippen molar-refractivity contribution in [2.45, 2.75) is 38.5 Å². The molecule has 3 amide bonds. The van der Waals surface area contributed by atoms with Gasteiger partial charge >= 0.3 is 12.0 Å². The van der Waals surface area contributed by atoms with Crippen LogP contribution in [0.25, 0.3) is 0 Å². The summed E-state index contributed by atoms with van der Waals surface area (Å²) in [6.07, 6.45) is 7.63. The average Bonchev–Trinajstić information content (AvgIpc) is 2.63. The zero-order valence-electron chi connectivity index (χ0n) is 14.6. The van der Waals surface area contributed by atoms with Crippen molar-refractivity contribution < 1.29 is 19.1 Å². The quantitative estimate of drug-likeness (QED) is 0.564. The van der Waals surface area contributed by atoms with Crippen LogP contribution in [0, 0.1) is 0 Å². The van der Waals surface area contributed by atoms with Crippen LogP contribution in [0.1, 0.15) is 37.7 Å². The summed E-state index contributed by atoms with van der Waals surface area (Å²) in [7, 11) is 0. The Bertz CT molecular complexity index is 671. The molecule has 0 unspecified atom stereocenters. The minimum Gasteiger partial charge on any atom is -0.455 e. The molecule has 26 heavy (non-hydrogen) atoms. The van der Waals surface area contributed by atoms with Crippen LogP contribution < -0.4 is 10.6 Å². The van der Waals surface area contributed by atoms with E-state index in [0.29, 0.717) is 11.6 Å². The van der Waals surface area contributed by atoms with Crippen molar-refractivity contribution in [1.29, 1.82) is 0 Å². The van der Waals surface area contributed by atoms with Gasteiger partial charge in [0.2, 0.25) is 0 Å². The number of allylic oxidation sites excluding steroid dienone is 1. The fourth-order valence-electron chi connectivity index (χ4n) is 2.64. The van der Waals surface area contributed by atoms with Gasteiger partial charge in [-0.1, -0.05) is 35.4 Å². The lowest BCUT2D eigenvalue weighted by atomic mass is 9.97. The average molecular weight is 379 g/mol. The highest BCUT2D eigenvalue weighted by Gasteiger charge is 2.12. The Kier molecular flexibility index (Phi) is 8.15. The van der Waals surface area contributed by atoms with Crippen LogP contribution in [0.5, 0.6) is 0 Å². The van der Waals surface area contributed by atoms with Gasteiger partial charge in [-0.05, 0) is 49.8 Å². The van der Waals surface area contributed by atoms with Crippen molar-refractivity contribution in [3.63, 3.8) is 0 Å². The summed E-state index contributed by atoms with van der Waals surface area (Å²) in [4.78, 5) is 35.0. The normalized spacial score (nSPS) is 13.5. The van der Waals surface area contributed by atoms with Crippen LogP contribution in [0.4, 0.5) is 4.79 Å². The Morgan fingerprint density at radius 1 is 1.12 bits per heavy atom. The van der Waals surface area contributed by atoms with Gasteiger partial charge in [0, 0.05) is 11.6 Å². The molecule has 1 aromatic rings. The molecule has 0 spiro atoms. The van der Waals surface area contributed by atoms with Gasteiger partial charge in [0.1, 0.15) is 0 Å². The molecular formula is C19H23ClN2O4. The molecule has 2 rings (SSSR count). The molecule has 0 radical (unpaired) electrons. The third-order valence-corrected chi connectivity index (χ3v) is 4.25. The summed E-state index contributed by atoms with van der Waals surface area (Å²) in [5, 5.41) is 5.35. The Labute approximate surface area is 157 Å². The van der Waals surface area contributed by atoms with Crippen LogP contribution in [0.3, 0.4) is 0 Å². The number of ether oxygens (including phenoxy) is 1. The monoisotopic (exact) mass is 378 g/mol. The SMILES string of the molecule is O=C(COC(=O)Cc1ccc(Cl)cc1)NC(=O)NCCC1=CCCCC1. The Morgan fingerprint density at radius 2 is 1.88 bits per heavy atom. The Morgan fingerprint density at radius 3 is 2.58 bits per heavy atom. The lowest BCUT2D eigenvalue weighted by Crippen LogP contribution is -2.41. The van der Waals surface area contributed by atoms with Crippen molar-refractivity contribution in [1.82, 2.24) is 10.6 Å². The van der Waals surface area contributed by atoms with E-state index in [1.807, 2.05) is 0 Å². The van der Waals surface area contributed by atoms with Gasteiger partial charge in [-0.25, -0.2) is 4.79 Å². The fraction of sp³-hybridized carbons (Fsp3) is 0.421. The van der Waals surface area contributed by atoms with Crippen molar-refractivity contribution >= 4 is 29.5 Å². The third-order valence-electron chi connectivity index (χ3n) is 4.00. The van der Waals surface area contributed by atoms with Crippen molar-refractivity contribution in [2.75, 3.05) is 13.2 Å². The van der Waals surface area contributed by atoms with E-state index in [1.54, 1.807) is 24.3 Å². The molecule has 0 heterocycles. The minimum atomic E-state index is -0.663. The molecule has 2 N–H and O–H groups in total. The molecule has 0 atom stereocenters. The topological polar surface area (TPSA) is 84.5 Å².